The maximum Gasteiger partial charge on any atom is 0.224 e. The fraction of sp³-hybridized carbons (Fsp3) is 0.636. The molecule has 2 rings (SSSR count). The third-order valence-corrected chi connectivity index (χ3v) is 3.19. The van der Waals surface area contributed by atoms with E-state index in [1.54, 1.807) is 14.0 Å². The zero-order valence-electron chi connectivity index (χ0n) is 10.4. The molecule has 3 N–H and O–H groups in total. The second kappa shape index (κ2) is 5.03. The number of nitrogens with one attached hydrogen (secondary N) is 2. The molecular formula is C11H17FN4O2. The van der Waals surface area contributed by atoms with Crippen molar-refractivity contribution in [3.05, 3.63) is 12.0 Å². The molecule has 1 aliphatic heterocycles. The van der Waals surface area contributed by atoms with E-state index in [0.29, 0.717) is 19.0 Å². The van der Waals surface area contributed by atoms with Gasteiger partial charge in [-0.05, 0) is 6.92 Å². The third-order valence-electron chi connectivity index (χ3n) is 3.19. The minimum Gasteiger partial charge on any atom is -0.385 e. The van der Waals surface area contributed by atoms with Crippen molar-refractivity contribution in [2.45, 2.75) is 25.0 Å². The number of anilines is 2. The summed E-state index contributed by atoms with van der Waals surface area (Å²) >= 11 is 0. The first-order chi connectivity index (χ1) is 8.55. The van der Waals surface area contributed by atoms with E-state index in [4.69, 9.17) is 4.74 Å². The normalized spacial score (nSPS) is 27.2. The van der Waals surface area contributed by atoms with Crippen molar-refractivity contribution >= 4 is 11.8 Å². The zero-order valence-corrected chi connectivity index (χ0v) is 10.4. The van der Waals surface area contributed by atoms with Gasteiger partial charge in [-0.2, -0.15) is 4.98 Å². The van der Waals surface area contributed by atoms with Crippen molar-refractivity contribution in [2.75, 3.05) is 30.8 Å². The van der Waals surface area contributed by atoms with Gasteiger partial charge in [-0.3, -0.25) is 0 Å². The smallest absolute Gasteiger partial charge is 0.224 e. The summed E-state index contributed by atoms with van der Waals surface area (Å²) < 4.78 is 18.8. The summed E-state index contributed by atoms with van der Waals surface area (Å²) in [6, 6.07) is 0. The fourth-order valence-corrected chi connectivity index (χ4v) is 1.85. The lowest BCUT2D eigenvalue weighted by atomic mass is 9.97. The van der Waals surface area contributed by atoms with Crippen LogP contribution in [0.25, 0.3) is 0 Å². The predicted octanol–water partition coefficient (Wildman–Crippen LogP) is 0.609. The standard InChI is InChI=1S/C11H17FN4O2/c1-7-11(17,3-4-18-7)6-15-9-8(12)5-14-10(13-2)16-9/h5,7,17H,3-4,6H2,1-2H3,(H2,13,14,15,16). The molecule has 2 heterocycles. The molecule has 1 fully saturated rings. The Kier molecular flexibility index (Phi) is 3.63. The van der Waals surface area contributed by atoms with Gasteiger partial charge in [-0.15, -0.1) is 0 Å². The second-order valence-electron chi connectivity index (χ2n) is 4.36. The van der Waals surface area contributed by atoms with Gasteiger partial charge >= 0.3 is 0 Å². The Bertz CT molecular complexity index is 432. The molecule has 2 atom stereocenters. The second-order valence-corrected chi connectivity index (χ2v) is 4.36. The molecule has 0 spiro atoms. The molecule has 1 aromatic rings. The Morgan fingerprint density at radius 3 is 3.06 bits per heavy atom. The lowest BCUT2D eigenvalue weighted by Gasteiger charge is -2.26. The van der Waals surface area contributed by atoms with Crippen LogP contribution in [0.1, 0.15) is 13.3 Å². The zero-order chi connectivity index (χ0) is 13.2. The minimum atomic E-state index is -0.989. The van der Waals surface area contributed by atoms with Gasteiger partial charge in [0, 0.05) is 26.6 Å². The molecule has 0 bridgehead atoms. The van der Waals surface area contributed by atoms with Gasteiger partial charge < -0.3 is 20.5 Å². The van der Waals surface area contributed by atoms with E-state index in [9.17, 15) is 9.50 Å². The van der Waals surface area contributed by atoms with Crippen LogP contribution >= 0.6 is 0 Å². The van der Waals surface area contributed by atoms with Crippen molar-refractivity contribution in [3.8, 4) is 0 Å². The largest absolute Gasteiger partial charge is 0.385 e. The van der Waals surface area contributed by atoms with Gasteiger partial charge in [0.15, 0.2) is 11.6 Å². The van der Waals surface area contributed by atoms with Gasteiger partial charge in [0.25, 0.3) is 0 Å². The van der Waals surface area contributed by atoms with E-state index in [2.05, 4.69) is 20.6 Å². The Morgan fingerprint density at radius 1 is 1.67 bits per heavy atom. The van der Waals surface area contributed by atoms with Gasteiger partial charge in [0.1, 0.15) is 5.60 Å². The first-order valence-electron chi connectivity index (χ1n) is 5.83. The third kappa shape index (κ3) is 2.51. The average Bonchev–Trinajstić information content (AvgIpc) is 2.69. The molecule has 2 unspecified atom stereocenters. The number of aliphatic hydroxyl groups is 1. The Morgan fingerprint density at radius 2 is 2.44 bits per heavy atom. The van der Waals surface area contributed by atoms with Crippen LogP contribution in [0.2, 0.25) is 0 Å². The Balaban J connectivity index is 2.05. The summed E-state index contributed by atoms with van der Waals surface area (Å²) in [6.45, 7) is 2.49. The maximum atomic E-state index is 13.5. The van der Waals surface area contributed by atoms with Crippen LogP contribution in [0.15, 0.2) is 6.20 Å². The van der Waals surface area contributed by atoms with Crippen LogP contribution in [0.5, 0.6) is 0 Å². The minimum absolute atomic E-state index is 0.0712. The van der Waals surface area contributed by atoms with Crippen LogP contribution in [-0.2, 0) is 4.74 Å². The Labute approximate surface area is 105 Å². The summed E-state index contributed by atoms with van der Waals surface area (Å²) in [5.74, 6) is -0.160. The molecule has 0 aliphatic carbocycles. The van der Waals surface area contributed by atoms with Crippen LogP contribution in [0.3, 0.4) is 0 Å². The van der Waals surface area contributed by atoms with Crippen LogP contribution in [0, 0.1) is 5.82 Å². The number of halogens is 1. The molecule has 6 nitrogen and oxygen atoms in total. The number of hydrogen-bond donors (Lipinski definition) is 3. The topological polar surface area (TPSA) is 79.3 Å². The molecule has 0 radical (unpaired) electrons. The van der Waals surface area contributed by atoms with Crippen molar-refractivity contribution in [3.63, 3.8) is 0 Å². The highest BCUT2D eigenvalue weighted by Crippen LogP contribution is 2.26. The molecule has 100 valence electrons. The summed E-state index contributed by atoms with van der Waals surface area (Å²) in [7, 11) is 1.65. The van der Waals surface area contributed by atoms with Crippen molar-refractivity contribution < 1.29 is 14.2 Å². The summed E-state index contributed by atoms with van der Waals surface area (Å²) in [6.07, 6.45) is 1.32. The molecule has 0 saturated carbocycles. The van der Waals surface area contributed by atoms with E-state index in [1.807, 2.05) is 0 Å². The predicted molar refractivity (Wildman–Crippen MR) is 65.0 cm³/mol. The molecule has 0 aromatic carbocycles. The van der Waals surface area contributed by atoms with E-state index >= 15 is 0 Å². The highest BCUT2D eigenvalue weighted by atomic mass is 19.1. The molecule has 1 saturated heterocycles. The van der Waals surface area contributed by atoms with Crippen molar-refractivity contribution in [1.82, 2.24) is 9.97 Å². The summed E-state index contributed by atoms with van der Waals surface area (Å²) in [5, 5.41) is 15.8. The van der Waals surface area contributed by atoms with Gasteiger partial charge in [-0.1, -0.05) is 0 Å². The number of rotatable bonds is 4. The highest BCUT2D eigenvalue weighted by Gasteiger charge is 2.39. The van der Waals surface area contributed by atoms with E-state index in [1.165, 1.54) is 0 Å². The lowest BCUT2D eigenvalue weighted by Crippen LogP contribution is -2.43. The van der Waals surface area contributed by atoms with Gasteiger partial charge in [0.05, 0.1) is 12.3 Å². The number of ether oxygens (including phenoxy) is 1. The first-order valence-corrected chi connectivity index (χ1v) is 5.83. The van der Waals surface area contributed by atoms with Crippen LogP contribution < -0.4 is 10.6 Å². The summed E-state index contributed by atoms with van der Waals surface area (Å²) in [5.41, 5.74) is -0.989. The van der Waals surface area contributed by atoms with Crippen molar-refractivity contribution in [1.29, 1.82) is 0 Å². The number of hydrogen-bond acceptors (Lipinski definition) is 6. The van der Waals surface area contributed by atoms with E-state index < -0.39 is 11.4 Å². The monoisotopic (exact) mass is 256 g/mol. The molecular weight excluding hydrogens is 239 g/mol. The SMILES string of the molecule is CNc1ncc(F)c(NCC2(O)CCOC2C)n1. The number of aromatic nitrogens is 2. The Hall–Kier alpha value is -1.47. The lowest BCUT2D eigenvalue weighted by molar-refractivity contribution is -0.0176. The molecule has 18 heavy (non-hydrogen) atoms. The fourth-order valence-electron chi connectivity index (χ4n) is 1.85. The highest BCUT2D eigenvalue weighted by molar-refractivity contribution is 5.41. The van der Waals surface area contributed by atoms with Gasteiger partial charge in [0.2, 0.25) is 5.95 Å². The first kappa shape index (κ1) is 13.0. The van der Waals surface area contributed by atoms with Gasteiger partial charge in [-0.25, -0.2) is 9.37 Å². The molecule has 1 aliphatic rings. The molecule has 7 heteroatoms. The average molecular weight is 256 g/mol. The quantitative estimate of drug-likeness (QED) is 0.732. The summed E-state index contributed by atoms with van der Waals surface area (Å²) in [4.78, 5) is 7.69. The van der Waals surface area contributed by atoms with E-state index in [-0.39, 0.29) is 18.5 Å². The van der Waals surface area contributed by atoms with E-state index in [0.717, 1.165) is 6.20 Å². The van der Waals surface area contributed by atoms with Crippen molar-refractivity contribution in [2.24, 2.45) is 0 Å². The number of nitrogens with zero attached hydrogens (tertiary/aromatic N) is 2. The maximum absolute atomic E-state index is 13.5. The van der Waals surface area contributed by atoms with Crippen LogP contribution in [-0.4, -0.2) is 47.0 Å². The van der Waals surface area contributed by atoms with Crippen LogP contribution in [0.4, 0.5) is 16.2 Å². The molecule has 1 aromatic heterocycles. The molecule has 0 amide bonds.